The summed E-state index contributed by atoms with van der Waals surface area (Å²) in [4.78, 5) is 0. The molecule has 1 nitrogen and oxygen atoms in total. The standard InChI is InChI=1S/C17H29N/c1-2-11-18-14-17(15-7-4-3-5-8-15)12-16(13-17)9-6-10-16/h7,18H,2-6,8-14H2,1H3. The third kappa shape index (κ3) is 2.15. The summed E-state index contributed by atoms with van der Waals surface area (Å²) in [7, 11) is 0. The average Bonchev–Trinajstić information content (AvgIpc) is 2.31. The molecule has 0 saturated heterocycles. The fourth-order valence-electron chi connectivity index (χ4n) is 4.70. The molecule has 102 valence electrons. The van der Waals surface area contributed by atoms with E-state index in [9.17, 15) is 0 Å². The highest BCUT2D eigenvalue weighted by Crippen LogP contribution is 2.67. The zero-order valence-corrected chi connectivity index (χ0v) is 12.1. The van der Waals surface area contributed by atoms with Gasteiger partial charge in [-0.15, -0.1) is 0 Å². The first-order chi connectivity index (χ1) is 8.79. The minimum Gasteiger partial charge on any atom is -0.316 e. The minimum absolute atomic E-state index is 0.579. The van der Waals surface area contributed by atoms with Crippen LogP contribution in [0.25, 0.3) is 0 Å². The summed E-state index contributed by atoms with van der Waals surface area (Å²) in [5.74, 6) is 0. The molecule has 0 bridgehead atoms. The second-order valence-electron chi connectivity index (χ2n) is 7.14. The van der Waals surface area contributed by atoms with Crippen LogP contribution in [0.15, 0.2) is 11.6 Å². The Morgan fingerprint density at radius 1 is 1.17 bits per heavy atom. The van der Waals surface area contributed by atoms with Crippen molar-refractivity contribution in [2.45, 2.75) is 71.1 Å². The Labute approximate surface area is 112 Å². The van der Waals surface area contributed by atoms with Crippen LogP contribution in [-0.4, -0.2) is 13.1 Å². The van der Waals surface area contributed by atoms with Crippen molar-refractivity contribution in [2.24, 2.45) is 10.8 Å². The number of nitrogens with one attached hydrogen (secondary N) is 1. The van der Waals surface area contributed by atoms with E-state index < -0.39 is 0 Å². The number of hydrogen-bond donors (Lipinski definition) is 1. The van der Waals surface area contributed by atoms with Crippen LogP contribution >= 0.6 is 0 Å². The van der Waals surface area contributed by atoms with Crippen molar-refractivity contribution in [3.63, 3.8) is 0 Å². The van der Waals surface area contributed by atoms with Crippen LogP contribution in [0.1, 0.15) is 71.1 Å². The Balaban J connectivity index is 1.66. The summed E-state index contributed by atoms with van der Waals surface area (Å²) < 4.78 is 0. The topological polar surface area (TPSA) is 12.0 Å². The molecular formula is C17H29N. The monoisotopic (exact) mass is 247 g/mol. The molecule has 0 amide bonds. The normalized spacial score (nSPS) is 28.4. The predicted molar refractivity (Wildman–Crippen MR) is 77.7 cm³/mol. The van der Waals surface area contributed by atoms with Crippen molar-refractivity contribution in [2.75, 3.05) is 13.1 Å². The lowest BCUT2D eigenvalue weighted by Gasteiger charge is -2.63. The van der Waals surface area contributed by atoms with Gasteiger partial charge in [-0.05, 0) is 69.7 Å². The molecule has 0 aromatic rings. The molecule has 0 aliphatic heterocycles. The van der Waals surface area contributed by atoms with Crippen LogP contribution < -0.4 is 5.32 Å². The maximum atomic E-state index is 3.72. The van der Waals surface area contributed by atoms with Crippen molar-refractivity contribution in [1.29, 1.82) is 0 Å². The first-order valence-corrected chi connectivity index (χ1v) is 8.19. The van der Waals surface area contributed by atoms with Crippen LogP contribution in [0.2, 0.25) is 0 Å². The smallest absolute Gasteiger partial charge is 0.00472 e. The number of hydrogen-bond acceptors (Lipinski definition) is 1. The first-order valence-electron chi connectivity index (χ1n) is 8.19. The highest BCUT2D eigenvalue weighted by atomic mass is 14.9. The van der Waals surface area contributed by atoms with E-state index in [1.807, 2.05) is 5.57 Å². The molecule has 3 aliphatic carbocycles. The molecule has 2 saturated carbocycles. The van der Waals surface area contributed by atoms with Gasteiger partial charge in [-0.2, -0.15) is 0 Å². The van der Waals surface area contributed by atoms with Gasteiger partial charge in [0.15, 0.2) is 0 Å². The molecule has 1 heteroatoms. The summed E-state index contributed by atoms with van der Waals surface area (Å²) in [6, 6.07) is 0. The highest BCUT2D eigenvalue weighted by Gasteiger charge is 2.57. The Kier molecular flexibility index (Phi) is 3.53. The molecular weight excluding hydrogens is 218 g/mol. The molecule has 1 spiro atoms. The van der Waals surface area contributed by atoms with E-state index in [0.29, 0.717) is 5.41 Å². The van der Waals surface area contributed by atoms with Gasteiger partial charge in [-0.25, -0.2) is 0 Å². The van der Waals surface area contributed by atoms with Crippen molar-refractivity contribution in [3.05, 3.63) is 11.6 Å². The molecule has 0 aromatic heterocycles. The lowest BCUT2D eigenvalue weighted by Crippen LogP contribution is -2.55. The van der Waals surface area contributed by atoms with Gasteiger partial charge in [-0.1, -0.05) is 25.0 Å². The predicted octanol–water partition coefficient (Wildman–Crippen LogP) is 4.44. The van der Waals surface area contributed by atoms with Crippen molar-refractivity contribution in [1.82, 2.24) is 5.32 Å². The lowest BCUT2D eigenvalue weighted by atomic mass is 9.43. The zero-order chi connectivity index (χ0) is 12.5. The molecule has 0 aromatic carbocycles. The average molecular weight is 247 g/mol. The summed E-state index contributed by atoms with van der Waals surface area (Å²) >= 11 is 0. The molecule has 0 radical (unpaired) electrons. The van der Waals surface area contributed by atoms with Gasteiger partial charge in [0.2, 0.25) is 0 Å². The van der Waals surface area contributed by atoms with Gasteiger partial charge in [0.25, 0.3) is 0 Å². The van der Waals surface area contributed by atoms with Gasteiger partial charge in [0.05, 0.1) is 0 Å². The molecule has 1 N–H and O–H groups in total. The highest BCUT2D eigenvalue weighted by molar-refractivity contribution is 5.26. The van der Waals surface area contributed by atoms with E-state index >= 15 is 0 Å². The summed E-state index contributed by atoms with van der Waals surface area (Å²) in [6.45, 7) is 4.73. The molecule has 3 aliphatic rings. The van der Waals surface area contributed by atoms with Gasteiger partial charge in [0, 0.05) is 12.0 Å². The maximum Gasteiger partial charge on any atom is 0.00472 e. The van der Waals surface area contributed by atoms with E-state index in [4.69, 9.17) is 0 Å². The Hall–Kier alpha value is -0.300. The SMILES string of the molecule is CCCNCC1(C2=CCCCC2)CC2(CCC2)C1. The fraction of sp³-hybridized carbons (Fsp3) is 0.882. The number of rotatable bonds is 5. The molecule has 3 rings (SSSR count). The van der Waals surface area contributed by atoms with Gasteiger partial charge >= 0.3 is 0 Å². The van der Waals surface area contributed by atoms with E-state index in [2.05, 4.69) is 18.3 Å². The van der Waals surface area contributed by atoms with Crippen molar-refractivity contribution in [3.8, 4) is 0 Å². The fourth-order valence-corrected chi connectivity index (χ4v) is 4.70. The first kappa shape index (κ1) is 12.7. The molecule has 0 heterocycles. The van der Waals surface area contributed by atoms with Crippen LogP contribution in [0.4, 0.5) is 0 Å². The molecule has 18 heavy (non-hydrogen) atoms. The van der Waals surface area contributed by atoms with Gasteiger partial charge in [-0.3, -0.25) is 0 Å². The minimum atomic E-state index is 0.579. The van der Waals surface area contributed by atoms with E-state index in [-0.39, 0.29) is 0 Å². The van der Waals surface area contributed by atoms with Crippen LogP contribution in [0.3, 0.4) is 0 Å². The summed E-state index contributed by atoms with van der Waals surface area (Å²) in [5.41, 5.74) is 3.21. The second kappa shape index (κ2) is 5.00. The van der Waals surface area contributed by atoms with E-state index in [1.165, 1.54) is 77.3 Å². The Morgan fingerprint density at radius 3 is 2.56 bits per heavy atom. The molecule has 0 unspecified atom stereocenters. The largest absolute Gasteiger partial charge is 0.316 e. The third-order valence-corrected chi connectivity index (χ3v) is 5.70. The van der Waals surface area contributed by atoms with Gasteiger partial charge < -0.3 is 5.32 Å². The Bertz CT molecular complexity index is 317. The van der Waals surface area contributed by atoms with Crippen LogP contribution in [0.5, 0.6) is 0 Å². The zero-order valence-electron chi connectivity index (χ0n) is 12.1. The molecule has 2 fully saturated rings. The van der Waals surface area contributed by atoms with Crippen LogP contribution in [0, 0.1) is 10.8 Å². The summed E-state index contributed by atoms with van der Waals surface area (Å²) in [5, 5.41) is 3.72. The third-order valence-electron chi connectivity index (χ3n) is 5.70. The summed E-state index contributed by atoms with van der Waals surface area (Å²) in [6.07, 6.45) is 17.0. The quantitative estimate of drug-likeness (QED) is 0.559. The number of allylic oxidation sites excluding steroid dienone is 1. The van der Waals surface area contributed by atoms with E-state index in [0.717, 1.165) is 5.41 Å². The lowest BCUT2D eigenvalue weighted by molar-refractivity contribution is -0.0758. The Morgan fingerprint density at radius 2 is 2.00 bits per heavy atom. The molecule has 0 atom stereocenters. The second-order valence-corrected chi connectivity index (χ2v) is 7.14. The van der Waals surface area contributed by atoms with Crippen molar-refractivity contribution >= 4 is 0 Å². The van der Waals surface area contributed by atoms with Crippen LogP contribution in [-0.2, 0) is 0 Å². The maximum absolute atomic E-state index is 3.72. The van der Waals surface area contributed by atoms with Crippen molar-refractivity contribution < 1.29 is 0 Å². The van der Waals surface area contributed by atoms with E-state index in [1.54, 1.807) is 0 Å². The van der Waals surface area contributed by atoms with Gasteiger partial charge in [0.1, 0.15) is 0 Å².